The molecule has 1 aliphatic heterocycles. The van der Waals surface area contributed by atoms with E-state index in [1.807, 2.05) is 0 Å². The lowest BCUT2D eigenvalue weighted by Crippen LogP contribution is -2.52. The van der Waals surface area contributed by atoms with Crippen LogP contribution in [0.25, 0.3) is 0 Å². The number of fused-ring (bicyclic) bond motifs is 1. The average Bonchev–Trinajstić information content (AvgIpc) is 3.37. The molecule has 2 aliphatic rings. The Labute approximate surface area is 231 Å². The van der Waals surface area contributed by atoms with E-state index in [-0.39, 0.29) is 18.5 Å². The van der Waals surface area contributed by atoms with Gasteiger partial charge in [0.15, 0.2) is 11.5 Å². The zero-order chi connectivity index (χ0) is 28.9. The van der Waals surface area contributed by atoms with Crippen LogP contribution in [-0.4, -0.2) is 52.3 Å². The number of ether oxygens (including phenoxy) is 2. The molecule has 2 aromatic rings. The summed E-state index contributed by atoms with van der Waals surface area (Å²) in [5.74, 6) is -2.28. The van der Waals surface area contributed by atoms with Gasteiger partial charge in [0.05, 0.1) is 5.56 Å². The van der Waals surface area contributed by atoms with Crippen LogP contribution >= 0.6 is 0 Å². The van der Waals surface area contributed by atoms with Crippen molar-refractivity contribution in [2.45, 2.75) is 57.3 Å². The number of amides is 3. The van der Waals surface area contributed by atoms with Gasteiger partial charge in [0.1, 0.15) is 17.5 Å². The molecule has 2 atom stereocenters. The van der Waals surface area contributed by atoms with E-state index in [0.717, 1.165) is 55.2 Å². The van der Waals surface area contributed by atoms with Gasteiger partial charge >= 0.3 is 6.18 Å². The molecule has 1 saturated carbocycles. The van der Waals surface area contributed by atoms with E-state index < -0.39 is 57.8 Å². The number of alkyl halides is 3. The average molecular weight is 582 g/mol. The second kappa shape index (κ2) is 12.7. The SMILES string of the molecule is C[C@@H](C(=O)NC1CCCCC1)N(C(=O)C[S@](=O)CC(=O)Nc1ccc2c(c1)OCO2)c1cccc(C(F)(F)F)c1. The van der Waals surface area contributed by atoms with Gasteiger partial charge in [-0.1, -0.05) is 25.3 Å². The van der Waals surface area contributed by atoms with Gasteiger partial charge in [-0.2, -0.15) is 13.2 Å². The van der Waals surface area contributed by atoms with Gasteiger partial charge in [0.25, 0.3) is 0 Å². The highest BCUT2D eigenvalue weighted by Crippen LogP contribution is 2.34. The predicted molar refractivity (Wildman–Crippen MR) is 142 cm³/mol. The maximum absolute atomic E-state index is 13.4. The lowest BCUT2D eigenvalue weighted by Gasteiger charge is -2.31. The molecule has 0 radical (unpaired) electrons. The molecular weight excluding hydrogens is 551 g/mol. The Morgan fingerprint density at radius 3 is 2.48 bits per heavy atom. The van der Waals surface area contributed by atoms with Crippen molar-refractivity contribution in [2.75, 3.05) is 28.5 Å². The molecule has 1 heterocycles. The van der Waals surface area contributed by atoms with Crippen molar-refractivity contribution in [3.05, 3.63) is 48.0 Å². The van der Waals surface area contributed by atoms with Crippen molar-refractivity contribution in [2.24, 2.45) is 0 Å². The van der Waals surface area contributed by atoms with E-state index in [1.54, 1.807) is 12.1 Å². The molecule has 0 saturated heterocycles. The fourth-order valence-corrected chi connectivity index (χ4v) is 5.56. The number of carbonyl (C=O) groups excluding carboxylic acids is 3. The lowest BCUT2D eigenvalue weighted by molar-refractivity contribution is -0.137. The van der Waals surface area contributed by atoms with Crippen LogP contribution in [0.1, 0.15) is 44.6 Å². The number of rotatable bonds is 9. The number of nitrogens with zero attached hydrogens (tertiary/aromatic N) is 1. The van der Waals surface area contributed by atoms with Gasteiger partial charge in [-0.25, -0.2) is 0 Å². The van der Waals surface area contributed by atoms with E-state index in [4.69, 9.17) is 9.47 Å². The first-order valence-corrected chi connectivity index (χ1v) is 14.3. The van der Waals surface area contributed by atoms with Gasteiger partial charge in [-0.3, -0.25) is 23.5 Å². The summed E-state index contributed by atoms with van der Waals surface area (Å²) >= 11 is 0. The Morgan fingerprint density at radius 2 is 1.75 bits per heavy atom. The van der Waals surface area contributed by atoms with E-state index in [1.165, 1.54) is 19.1 Å². The second-order valence-electron chi connectivity index (χ2n) is 9.68. The molecule has 2 aromatic carbocycles. The summed E-state index contributed by atoms with van der Waals surface area (Å²) in [5.41, 5.74) is -0.781. The van der Waals surface area contributed by atoms with Crippen molar-refractivity contribution in [3.8, 4) is 11.5 Å². The van der Waals surface area contributed by atoms with Crippen molar-refractivity contribution < 1.29 is 41.2 Å². The zero-order valence-electron chi connectivity index (χ0n) is 21.8. The van der Waals surface area contributed by atoms with E-state index in [9.17, 15) is 31.8 Å². The number of anilines is 2. The monoisotopic (exact) mass is 581 g/mol. The summed E-state index contributed by atoms with van der Waals surface area (Å²) in [5, 5.41) is 5.45. The maximum Gasteiger partial charge on any atom is 0.416 e. The fourth-order valence-electron chi connectivity index (χ4n) is 4.68. The molecule has 216 valence electrons. The lowest BCUT2D eigenvalue weighted by atomic mass is 9.95. The van der Waals surface area contributed by atoms with Crippen LogP contribution in [0.4, 0.5) is 24.5 Å². The predicted octanol–water partition coefficient (Wildman–Crippen LogP) is 3.99. The third-order valence-electron chi connectivity index (χ3n) is 6.67. The van der Waals surface area contributed by atoms with Crippen LogP contribution in [0.2, 0.25) is 0 Å². The third kappa shape index (κ3) is 7.52. The van der Waals surface area contributed by atoms with Crippen LogP contribution in [0.15, 0.2) is 42.5 Å². The molecule has 40 heavy (non-hydrogen) atoms. The molecule has 0 spiro atoms. The zero-order valence-corrected chi connectivity index (χ0v) is 22.6. The van der Waals surface area contributed by atoms with Crippen LogP contribution in [0.3, 0.4) is 0 Å². The Kier molecular flexibility index (Phi) is 9.33. The third-order valence-corrected chi connectivity index (χ3v) is 7.82. The molecule has 9 nitrogen and oxygen atoms in total. The minimum Gasteiger partial charge on any atom is -0.454 e. The van der Waals surface area contributed by atoms with Crippen molar-refractivity contribution in [1.29, 1.82) is 0 Å². The van der Waals surface area contributed by atoms with Gasteiger partial charge in [0, 0.05) is 34.3 Å². The molecular formula is C27H30F3N3O6S. The first kappa shape index (κ1) is 29.4. The number of hydrogen-bond acceptors (Lipinski definition) is 6. The van der Waals surface area contributed by atoms with Gasteiger partial charge < -0.3 is 20.1 Å². The smallest absolute Gasteiger partial charge is 0.416 e. The quantitative estimate of drug-likeness (QED) is 0.463. The van der Waals surface area contributed by atoms with Gasteiger partial charge in [-0.05, 0) is 50.1 Å². The fraction of sp³-hybridized carbons (Fsp3) is 0.444. The molecule has 0 aromatic heterocycles. The Hall–Kier alpha value is -3.61. The molecule has 1 fully saturated rings. The summed E-state index contributed by atoms with van der Waals surface area (Å²) in [6.07, 6.45) is -0.165. The number of hydrogen-bond donors (Lipinski definition) is 2. The van der Waals surface area contributed by atoms with Gasteiger partial charge in [0.2, 0.25) is 24.5 Å². The summed E-state index contributed by atoms with van der Waals surface area (Å²) in [4.78, 5) is 39.8. The van der Waals surface area contributed by atoms with E-state index >= 15 is 0 Å². The maximum atomic E-state index is 13.4. The van der Waals surface area contributed by atoms with E-state index in [0.29, 0.717) is 17.2 Å². The topological polar surface area (TPSA) is 114 Å². The molecule has 4 rings (SSSR count). The number of nitrogens with one attached hydrogen (secondary N) is 2. The van der Waals surface area contributed by atoms with Gasteiger partial charge in [-0.15, -0.1) is 0 Å². The summed E-state index contributed by atoms with van der Waals surface area (Å²) in [7, 11) is -2.02. The second-order valence-corrected chi connectivity index (χ2v) is 11.1. The van der Waals surface area contributed by atoms with Crippen LogP contribution < -0.4 is 25.0 Å². The minimum atomic E-state index is -4.67. The molecule has 3 amide bonds. The van der Waals surface area contributed by atoms with Crippen LogP contribution in [0.5, 0.6) is 11.5 Å². The number of carbonyl (C=O) groups is 3. The normalized spacial score (nSPS) is 16.6. The first-order valence-electron chi connectivity index (χ1n) is 12.9. The Balaban J connectivity index is 1.46. The Bertz CT molecular complexity index is 1280. The van der Waals surface area contributed by atoms with Crippen molar-refractivity contribution in [1.82, 2.24) is 5.32 Å². The van der Waals surface area contributed by atoms with Crippen molar-refractivity contribution >= 4 is 39.9 Å². The molecule has 13 heteroatoms. The number of halogens is 3. The van der Waals surface area contributed by atoms with E-state index in [2.05, 4.69) is 10.6 Å². The van der Waals surface area contributed by atoms with Crippen LogP contribution in [-0.2, 0) is 31.4 Å². The Morgan fingerprint density at radius 1 is 1.02 bits per heavy atom. The summed E-state index contributed by atoms with van der Waals surface area (Å²) in [6, 6.07) is 7.50. The summed E-state index contributed by atoms with van der Waals surface area (Å²) < 4.78 is 63.5. The van der Waals surface area contributed by atoms with Crippen molar-refractivity contribution in [3.63, 3.8) is 0 Å². The molecule has 1 aliphatic carbocycles. The summed E-state index contributed by atoms with van der Waals surface area (Å²) in [6.45, 7) is 1.46. The van der Waals surface area contributed by atoms with Crippen LogP contribution in [0, 0.1) is 0 Å². The molecule has 0 unspecified atom stereocenters. The standard InChI is InChI=1S/C27H30F3N3O6S/c1-17(26(36)32-19-7-3-2-4-8-19)33(21-9-5-6-18(12-21)27(28,29)30)25(35)15-40(37)14-24(34)31-20-10-11-22-23(13-20)39-16-38-22/h5-6,9-13,17,19H,2-4,7-8,14-16H2,1H3,(H,31,34)(H,32,36)/t17-,40+/m0/s1. The number of benzene rings is 2. The highest BCUT2D eigenvalue weighted by atomic mass is 32.2. The molecule has 0 bridgehead atoms. The highest BCUT2D eigenvalue weighted by molar-refractivity contribution is 7.86. The largest absolute Gasteiger partial charge is 0.454 e. The molecule has 2 N–H and O–H groups in total. The first-order chi connectivity index (χ1) is 19.0. The minimum absolute atomic E-state index is 0.0539. The highest BCUT2D eigenvalue weighted by Gasteiger charge is 2.34.